The normalized spacial score (nSPS) is 20.7. The van der Waals surface area contributed by atoms with Crippen LogP contribution in [0.5, 0.6) is 0 Å². The van der Waals surface area contributed by atoms with Gasteiger partial charge in [-0.1, -0.05) is 97.9 Å². The van der Waals surface area contributed by atoms with Crippen molar-refractivity contribution in [3.8, 4) is 11.1 Å². The van der Waals surface area contributed by atoms with Crippen LogP contribution in [0.4, 0.5) is 4.79 Å². The van der Waals surface area contributed by atoms with Crippen molar-refractivity contribution in [1.82, 2.24) is 10.2 Å². The third-order valence-corrected chi connectivity index (χ3v) is 11.2. The number of hydrogen-bond donors (Lipinski definition) is 3. The topological polar surface area (TPSA) is 152 Å². The minimum atomic E-state index is -1.00. The number of hydrogen-bond acceptors (Lipinski definition) is 9. The third kappa shape index (κ3) is 9.61. The van der Waals surface area contributed by atoms with Crippen molar-refractivity contribution in [1.29, 1.82) is 0 Å². The number of likely N-dealkylation sites (tertiary alicyclic amines) is 1. The van der Waals surface area contributed by atoms with Gasteiger partial charge in [-0.2, -0.15) is 0 Å². The van der Waals surface area contributed by atoms with E-state index in [1.165, 1.54) is 0 Å². The number of imide groups is 1. The van der Waals surface area contributed by atoms with Gasteiger partial charge in [0, 0.05) is 22.1 Å². The molecule has 0 aliphatic carbocycles. The van der Waals surface area contributed by atoms with E-state index in [0.717, 1.165) is 48.7 Å². The monoisotopic (exact) mass is 786 g/mol. The SMILES string of the molecule is C[C@@H]1[C@H](CSc2ccc(C(=O)O)cc2)O[C@H](c2cccc(-c3cccc(CN4C(=O)CC(NC(=O)OCc5ccccc5)C4=O)c3)c2)O[C@@H]1c1ccc(CO)cc1. The molecule has 2 heterocycles. The minimum Gasteiger partial charge on any atom is -0.478 e. The summed E-state index contributed by atoms with van der Waals surface area (Å²) in [6.07, 6.45) is -2.18. The lowest BCUT2D eigenvalue weighted by Gasteiger charge is -2.41. The van der Waals surface area contributed by atoms with Crippen molar-refractivity contribution in [3.05, 3.63) is 161 Å². The van der Waals surface area contributed by atoms with E-state index >= 15 is 0 Å². The summed E-state index contributed by atoms with van der Waals surface area (Å²) in [5.41, 5.74) is 6.09. The molecule has 0 saturated carbocycles. The number of amides is 3. The van der Waals surface area contributed by atoms with E-state index in [9.17, 15) is 29.4 Å². The fourth-order valence-corrected chi connectivity index (χ4v) is 8.02. The molecule has 0 spiro atoms. The first-order chi connectivity index (χ1) is 27.6. The number of aromatic carboxylic acids is 1. The lowest BCUT2D eigenvalue weighted by Crippen LogP contribution is -2.41. The summed E-state index contributed by atoms with van der Waals surface area (Å²) >= 11 is 1.59. The lowest BCUT2D eigenvalue weighted by molar-refractivity contribution is -0.268. The highest BCUT2D eigenvalue weighted by Gasteiger charge is 2.40. The second-order valence-electron chi connectivity index (χ2n) is 14.1. The first-order valence-electron chi connectivity index (χ1n) is 18.6. The number of carbonyl (C=O) groups excluding carboxylic acids is 3. The molecule has 0 bridgehead atoms. The number of carbonyl (C=O) groups is 4. The number of carboxylic acids is 1. The highest BCUT2D eigenvalue weighted by atomic mass is 32.2. The van der Waals surface area contributed by atoms with Gasteiger partial charge in [0.1, 0.15) is 12.6 Å². The first kappa shape index (κ1) is 39.4. The number of thioether (sulfide) groups is 1. The summed E-state index contributed by atoms with van der Waals surface area (Å²) in [7, 11) is 0. The zero-order valence-corrected chi connectivity index (χ0v) is 32.0. The van der Waals surface area contributed by atoms with Gasteiger partial charge < -0.3 is 29.7 Å². The van der Waals surface area contributed by atoms with Gasteiger partial charge >= 0.3 is 12.1 Å². The van der Waals surface area contributed by atoms with Crippen LogP contribution < -0.4 is 5.32 Å². The Morgan fingerprint density at radius 2 is 1.51 bits per heavy atom. The molecule has 11 nitrogen and oxygen atoms in total. The zero-order valence-electron chi connectivity index (χ0n) is 31.2. The lowest BCUT2D eigenvalue weighted by atomic mass is 9.91. The fourth-order valence-electron chi connectivity index (χ4n) is 6.95. The average Bonchev–Trinajstić information content (AvgIpc) is 3.50. The van der Waals surface area contributed by atoms with Crippen molar-refractivity contribution in [3.63, 3.8) is 0 Å². The molecule has 57 heavy (non-hydrogen) atoms. The Labute approximate surface area is 334 Å². The predicted octanol–water partition coefficient (Wildman–Crippen LogP) is 7.68. The van der Waals surface area contributed by atoms with Crippen LogP contribution in [0.2, 0.25) is 0 Å². The second-order valence-corrected chi connectivity index (χ2v) is 15.2. The van der Waals surface area contributed by atoms with Crippen LogP contribution in [0.15, 0.2) is 132 Å². The van der Waals surface area contributed by atoms with Gasteiger partial charge in [0.05, 0.1) is 37.3 Å². The van der Waals surface area contributed by atoms with Crippen LogP contribution in [0.25, 0.3) is 11.1 Å². The van der Waals surface area contributed by atoms with Gasteiger partial charge in [0.2, 0.25) is 5.91 Å². The Morgan fingerprint density at radius 3 is 2.23 bits per heavy atom. The highest BCUT2D eigenvalue weighted by molar-refractivity contribution is 7.99. The molecular formula is C45H42N2O9S. The Bertz CT molecular complexity index is 2210. The van der Waals surface area contributed by atoms with Crippen LogP contribution in [0.3, 0.4) is 0 Å². The highest BCUT2D eigenvalue weighted by Crippen LogP contribution is 2.43. The molecule has 5 atom stereocenters. The molecule has 2 aliphatic rings. The number of carboxylic acid groups (broad SMARTS) is 1. The molecule has 5 aromatic carbocycles. The molecule has 2 fully saturated rings. The minimum absolute atomic E-state index is 0.0439. The van der Waals surface area contributed by atoms with E-state index in [2.05, 4.69) is 12.2 Å². The van der Waals surface area contributed by atoms with E-state index in [-0.39, 0.29) is 55.8 Å². The van der Waals surface area contributed by atoms with Crippen LogP contribution in [0, 0.1) is 5.92 Å². The molecule has 5 aromatic rings. The van der Waals surface area contributed by atoms with Gasteiger partial charge in [0.25, 0.3) is 5.91 Å². The quantitative estimate of drug-likeness (QED) is 0.0801. The van der Waals surface area contributed by atoms with Crippen LogP contribution >= 0.6 is 11.8 Å². The zero-order chi connectivity index (χ0) is 39.9. The van der Waals surface area contributed by atoms with Crippen molar-refractivity contribution in [2.75, 3.05) is 5.75 Å². The molecule has 1 unspecified atom stereocenters. The fraction of sp³-hybridized carbons (Fsp3) is 0.244. The molecule has 2 aliphatic heterocycles. The van der Waals surface area contributed by atoms with E-state index in [4.69, 9.17) is 14.2 Å². The van der Waals surface area contributed by atoms with Crippen LogP contribution in [-0.4, -0.2) is 56.9 Å². The molecule has 0 radical (unpaired) electrons. The predicted molar refractivity (Wildman–Crippen MR) is 213 cm³/mol. The van der Waals surface area contributed by atoms with Crippen molar-refractivity contribution in [2.45, 2.75) is 62.5 Å². The number of aliphatic hydroxyl groups is 1. The Balaban J connectivity index is 1.05. The Kier molecular flexibility index (Phi) is 12.4. The number of nitrogens with zero attached hydrogens (tertiary/aromatic N) is 1. The maximum absolute atomic E-state index is 13.3. The average molecular weight is 787 g/mol. The summed E-state index contributed by atoms with van der Waals surface area (Å²) in [6, 6.07) is 38.1. The summed E-state index contributed by atoms with van der Waals surface area (Å²) in [5, 5.41) is 21.5. The molecule has 0 aromatic heterocycles. The third-order valence-electron chi connectivity index (χ3n) is 10.1. The standard InChI is InChI=1S/C45H42N2O9S/c1-28-39(27-57-37-19-17-33(18-20-37)43(51)52)55-44(56-41(28)32-15-13-29(25-48)14-16-32)36-12-6-11-35(22-36)34-10-5-9-31(21-34)24-47-40(49)23-38(42(47)50)46-45(53)54-26-30-7-3-2-4-8-30/h2-22,28,38-39,41,44,48H,23-27H2,1H3,(H,46,53)(H,51,52)/t28-,38?,39+,41+,44+/m1/s1. The van der Waals surface area contributed by atoms with Gasteiger partial charge in [-0.15, -0.1) is 11.8 Å². The maximum atomic E-state index is 13.3. The number of alkyl carbamates (subject to hydrolysis) is 1. The van der Waals surface area contributed by atoms with Crippen LogP contribution in [-0.2, 0) is 43.6 Å². The van der Waals surface area contributed by atoms with E-state index in [0.29, 0.717) is 5.75 Å². The second kappa shape index (κ2) is 18.0. The maximum Gasteiger partial charge on any atom is 0.408 e. The summed E-state index contributed by atoms with van der Waals surface area (Å²) < 4.78 is 18.6. The van der Waals surface area contributed by atoms with Crippen LogP contribution in [0.1, 0.15) is 63.9 Å². The molecule has 2 saturated heterocycles. The van der Waals surface area contributed by atoms with Crippen molar-refractivity contribution < 1.29 is 43.6 Å². The van der Waals surface area contributed by atoms with Gasteiger partial charge in [-0.3, -0.25) is 14.5 Å². The molecule has 12 heteroatoms. The first-order valence-corrected chi connectivity index (χ1v) is 19.6. The number of aliphatic hydroxyl groups excluding tert-OH is 1. The molecule has 3 N–H and O–H groups in total. The van der Waals surface area contributed by atoms with E-state index in [1.54, 1.807) is 36.0 Å². The number of nitrogens with one attached hydrogen (secondary N) is 1. The molecule has 7 rings (SSSR count). The van der Waals surface area contributed by atoms with E-state index in [1.807, 2.05) is 103 Å². The number of benzene rings is 5. The van der Waals surface area contributed by atoms with Crippen molar-refractivity contribution in [2.24, 2.45) is 5.92 Å². The Hall–Kier alpha value is -5.79. The molecular weight excluding hydrogens is 745 g/mol. The van der Waals surface area contributed by atoms with Gasteiger partial charge in [-0.25, -0.2) is 9.59 Å². The van der Waals surface area contributed by atoms with Crippen molar-refractivity contribution >= 4 is 35.6 Å². The van der Waals surface area contributed by atoms with Gasteiger partial charge in [0.15, 0.2) is 6.29 Å². The smallest absolute Gasteiger partial charge is 0.408 e. The summed E-state index contributed by atoms with van der Waals surface area (Å²) in [4.78, 5) is 52.1. The largest absolute Gasteiger partial charge is 0.478 e. The Morgan fingerprint density at radius 1 is 0.807 bits per heavy atom. The number of ether oxygens (including phenoxy) is 3. The van der Waals surface area contributed by atoms with Gasteiger partial charge in [-0.05, 0) is 69.8 Å². The summed E-state index contributed by atoms with van der Waals surface area (Å²) in [5.74, 6) is -1.29. The number of rotatable bonds is 13. The van der Waals surface area contributed by atoms with E-state index < -0.39 is 30.3 Å². The molecule has 3 amide bonds. The molecule has 292 valence electrons. The summed E-state index contributed by atoms with van der Waals surface area (Å²) in [6.45, 7) is 2.12.